The molecule has 3 saturated heterocycles. The molecule has 10 nitrogen and oxygen atoms in total. The number of esters is 1. The van der Waals surface area contributed by atoms with Crippen LogP contribution in [0.3, 0.4) is 0 Å². The molecule has 3 fully saturated rings. The van der Waals surface area contributed by atoms with Crippen molar-refractivity contribution in [3.8, 4) is 0 Å². The second-order valence-electron chi connectivity index (χ2n) is 19.3. The number of likely N-dealkylation sites (tertiary alicyclic amines) is 2. The lowest BCUT2D eigenvalue weighted by Crippen LogP contribution is -2.60. The molecule has 12 heteroatoms. The molecule has 2 amide bonds. The van der Waals surface area contributed by atoms with E-state index in [1.54, 1.807) is 4.90 Å². The Bertz CT molecular complexity index is 1160. The van der Waals surface area contributed by atoms with Gasteiger partial charge in [0.2, 0.25) is 0 Å². The predicted molar refractivity (Wildman–Crippen MR) is 194 cm³/mol. The van der Waals surface area contributed by atoms with Crippen LogP contribution in [0.2, 0.25) is 36.3 Å². The molecule has 0 unspecified atom stereocenters. The molecule has 0 bridgehead atoms. The highest BCUT2D eigenvalue weighted by atomic mass is 28.4. The second kappa shape index (κ2) is 14.2. The Morgan fingerprint density at radius 2 is 1.17 bits per heavy atom. The minimum atomic E-state index is -2.31. The van der Waals surface area contributed by atoms with E-state index in [0.29, 0.717) is 45.1 Å². The lowest BCUT2D eigenvalue weighted by Gasteiger charge is -2.46. The van der Waals surface area contributed by atoms with E-state index in [9.17, 15) is 14.4 Å². The van der Waals surface area contributed by atoms with Crippen molar-refractivity contribution >= 4 is 34.8 Å². The summed E-state index contributed by atoms with van der Waals surface area (Å²) in [4.78, 5) is 44.2. The van der Waals surface area contributed by atoms with Gasteiger partial charge in [-0.05, 0) is 110 Å². The third-order valence-electron chi connectivity index (χ3n) is 11.0. The fraction of sp³-hybridized carbons (Fsp3) is 0.917. The molecule has 3 aliphatic heterocycles. The van der Waals surface area contributed by atoms with E-state index in [-0.39, 0.29) is 46.3 Å². The number of hydrogen-bond acceptors (Lipinski definition) is 8. The van der Waals surface area contributed by atoms with Crippen molar-refractivity contribution in [3.05, 3.63) is 0 Å². The first-order chi connectivity index (χ1) is 21.5. The zero-order valence-electron chi connectivity index (χ0n) is 33.1. The summed E-state index contributed by atoms with van der Waals surface area (Å²) in [5.74, 6) is -0.240. The topological polar surface area (TPSA) is 104 Å². The van der Waals surface area contributed by atoms with Crippen LogP contribution >= 0.6 is 0 Å². The van der Waals surface area contributed by atoms with Crippen LogP contribution in [0, 0.1) is 0 Å². The lowest BCUT2D eigenvalue weighted by atomic mass is 10.0. The molecule has 0 aromatic heterocycles. The van der Waals surface area contributed by atoms with E-state index in [2.05, 4.69) is 67.7 Å². The van der Waals surface area contributed by atoms with Crippen LogP contribution in [0.4, 0.5) is 9.59 Å². The average molecular weight is 713 g/mol. The van der Waals surface area contributed by atoms with Gasteiger partial charge < -0.3 is 23.1 Å². The van der Waals surface area contributed by atoms with Crippen molar-refractivity contribution in [2.24, 2.45) is 0 Å². The van der Waals surface area contributed by atoms with Crippen molar-refractivity contribution in [1.82, 2.24) is 9.80 Å². The minimum absolute atomic E-state index is 0.00799. The van der Waals surface area contributed by atoms with Crippen molar-refractivity contribution in [2.45, 2.75) is 205 Å². The molecule has 0 aromatic carbocycles. The van der Waals surface area contributed by atoms with Crippen molar-refractivity contribution in [2.75, 3.05) is 6.61 Å². The molecule has 0 radical (unpaired) electrons. The summed E-state index contributed by atoms with van der Waals surface area (Å²) in [6.07, 6.45) is 1.94. The number of rotatable bonds is 8. The molecule has 0 aliphatic carbocycles. The number of ether oxygens (including phenoxy) is 3. The highest BCUT2D eigenvalue weighted by Crippen LogP contribution is 2.44. The molecule has 3 rings (SSSR count). The highest BCUT2D eigenvalue weighted by Gasteiger charge is 2.55. The van der Waals surface area contributed by atoms with Gasteiger partial charge in [-0.1, -0.05) is 41.5 Å². The van der Waals surface area contributed by atoms with Gasteiger partial charge in [-0.3, -0.25) is 14.6 Å². The predicted octanol–water partition coefficient (Wildman–Crippen LogP) is 8.64. The minimum Gasteiger partial charge on any atom is -0.460 e. The van der Waals surface area contributed by atoms with Crippen LogP contribution in [0.15, 0.2) is 0 Å². The molecule has 0 spiro atoms. The fourth-order valence-electron chi connectivity index (χ4n) is 6.49. The van der Waals surface area contributed by atoms with Crippen LogP contribution in [0.25, 0.3) is 0 Å². The summed E-state index contributed by atoms with van der Waals surface area (Å²) in [6.45, 7) is 33.9. The Hall–Kier alpha value is -1.64. The summed E-state index contributed by atoms with van der Waals surface area (Å²) >= 11 is 0. The van der Waals surface area contributed by atoms with Gasteiger partial charge in [0, 0.05) is 6.42 Å². The monoisotopic (exact) mass is 712 g/mol. The summed E-state index contributed by atoms with van der Waals surface area (Å²) < 4.78 is 31.8. The molecule has 3 aliphatic rings. The zero-order chi connectivity index (χ0) is 36.8. The van der Waals surface area contributed by atoms with E-state index in [4.69, 9.17) is 23.1 Å². The van der Waals surface area contributed by atoms with Gasteiger partial charge in [0.1, 0.15) is 17.3 Å². The first-order valence-electron chi connectivity index (χ1n) is 18.1. The standard InChI is InChI=1S/C36H68N2O8Si2/c1-33(2,3)44-31(40)37-24(17-19-26(37)28-21-22-30(39)43-28)25-18-20-27(38(25)32(41)45-34(4,5)6)29(46-48(15,16)36(10,11)12)23-42-47(13,14)35(7,8)9/h24-29H,17-23H2,1-16H3/t24-,25+,26-,27+,28-,29+/m0/s1. The molecule has 6 atom stereocenters. The number of carbonyl (C=O) groups is 3. The molecule has 278 valence electrons. The maximum absolute atomic E-state index is 14.4. The van der Waals surface area contributed by atoms with Crippen LogP contribution < -0.4 is 0 Å². The molecule has 48 heavy (non-hydrogen) atoms. The Kier molecular flexibility index (Phi) is 12.0. The Morgan fingerprint density at radius 3 is 1.62 bits per heavy atom. The number of cyclic esters (lactones) is 1. The second-order valence-corrected chi connectivity index (χ2v) is 28.8. The van der Waals surface area contributed by atoms with Crippen molar-refractivity contribution in [1.29, 1.82) is 0 Å². The Morgan fingerprint density at radius 1 is 0.708 bits per heavy atom. The van der Waals surface area contributed by atoms with Crippen LogP contribution in [-0.4, -0.2) is 98.8 Å². The third kappa shape index (κ3) is 9.78. The van der Waals surface area contributed by atoms with Crippen molar-refractivity contribution in [3.63, 3.8) is 0 Å². The van der Waals surface area contributed by atoms with Gasteiger partial charge in [0.25, 0.3) is 0 Å². The molecule has 0 N–H and O–H groups in total. The quantitative estimate of drug-likeness (QED) is 0.140. The van der Waals surface area contributed by atoms with E-state index in [0.717, 1.165) is 0 Å². The number of hydrogen-bond donors (Lipinski definition) is 0. The summed E-state index contributed by atoms with van der Waals surface area (Å²) in [5.41, 5.74) is -1.43. The lowest BCUT2D eigenvalue weighted by molar-refractivity contribution is -0.143. The zero-order valence-corrected chi connectivity index (χ0v) is 35.1. The Labute approximate surface area is 293 Å². The van der Waals surface area contributed by atoms with E-state index >= 15 is 0 Å². The van der Waals surface area contributed by atoms with Crippen LogP contribution in [0.1, 0.15) is 122 Å². The summed E-state index contributed by atoms with van der Waals surface area (Å²) in [7, 11) is -4.47. The fourth-order valence-corrected chi connectivity index (χ4v) is 8.84. The number of nitrogens with zero attached hydrogens (tertiary/aromatic N) is 2. The van der Waals surface area contributed by atoms with Crippen LogP contribution in [-0.2, 0) is 27.9 Å². The highest BCUT2D eigenvalue weighted by molar-refractivity contribution is 6.74. The van der Waals surface area contributed by atoms with Gasteiger partial charge in [-0.25, -0.2) is 9.59 Å². The normalized spacial score (nSPS) is 26.9. The molecule has 0 aromatic rings. The maximum atomic E-state index is 14.4. The molecular weight excluding hydrogens is 645 g/mol. The molecule has 0 saturated carbocycles. The summed E-state index contributed by atoms with van der Waals surface area (Å²) in [5, 5.41) is -0.0457. The maximum Gasteiger partial charge on any atom is 0.410 e. The third-order valence-corrected chi connectivity index (χ3v) is 20.0. The largest absolute Gasteiger partial charge is 0.460 e. The average Bonchev–Trinajstić information content (AvgIpc) is 3.60. The van der Waals surface area contributed by atoms with E-state index < -0.39 is 46.1 Å². The van der Waals surface area contributed by atoms with Crippen molar-refractivity contribution < 1.29 is 37.4 Å². The van der Waals surface area contributed by atoms with E-state index in [1.165, 1.54) is 0 Å². The Balaban J connectivity index is 2.08. The van der Waals surface area contributed by atoms with E-state index in [1.807, 2.05) is 46.4 Å². The van der Waals surface area contributed by atoms with Gasteiger partial charge in [0.05, 0.1) is 36.9 Å². The van der Waals surface area contributed by atoms with Gasteiger partial charge in [-0.15, -0.1) is 0 Å². The first-order valence-corrected chi connectivity index (χ1v) is 23.9. The summed E-state index contributed by atoms with van der Waals surface area (Å²) in [6, 6.07) is -1.31. The molecular formula is C36H68N2O8Si2. The van der Waals surface area contributed by atoms with Gasteiger partial charge in [-0.2, -0.15) is 0 Å². The van der Waals surface area contributed by atoms with Gasteiger partial charge in [0.15, 0.2) is 16.6 Å². The van der Waals surface area contributed by atoms with Crippen LogP contribution in [0.5, 0.6) is 0 Å². The number of amides is 2. The van der Waals surface area contributed by atoms with Gasteiger partial charge >= 0.3 is 18.2 Å². The number of carbonyl (C=O) groups excluding carboxylic acids is 3. The molecule has 3 heterocycles. The smallest absolute Gasteiger partial charge is 0.410 e. The SMILES string of the molecule is CC(C)(C)OC(=O)N1[C@@H]([C@@H](CO[Si](C)(C)C(C)(C)C)O[Si](C)(C)C(C)(C)C)CC[C@@H]1[C@@H]1CC[C@@H]([C@@H]2CCC(=O)O2)N1C(=O)OC(C)(C)C. The first kappa shape index (κ1) is 40.8.